The van der Waals surface area contributed by atoms with Gasteiger partial charge in [0.15, 0.2) is 0 Å². The first-order chi connectivity index (χ1) is 28.5. The molecule has 4 aromatic carbocycles. The molecule has 6 rings (SSSR count). The number of unbranched alkanes of at least 4 members (excludes halogenated alkanes) is 3. The summed E-state index contributed by atoms with van der Waals surface area (Å²) in [6.45, 7) is 8.59. The van der Waals surface area contributed by atoms with Crippen molar-refractivity contribution in [1.82, 2.24) is 0 Å². The summed E-state index contributed by atoms with van der Waals surface area (Å²) in [5.74, 6) is 0. The van der Waals surface area contributed by atoms with Gasteiger partial charge in [0.1, 0.15) is 0 Å². The minimum Gasteiger partial charge on any atom is -0.355 e. The molecule has 1 N–H and O–H groups in total. The van der Waals surface area contributed by atoms with Crippen LogP contribution in [-0.4, -0.2) is 0 Å². The molecule has 0 amide bonds. The number of thiol groups is 1. The predicted octanol–water partition coefficient (Wildman–Crippen LogP) is 16.8. The van der Waals surface area contributed by atoms with E-state index in [4.69, 9.17) is 12.6 Å². The van der Waals surface area contributed by atoms with Crippen LogP contribution in [0, 0.1) is 0 Å². The van der Waals surface area contributed by atoms with Crippen LogP contribution < -0.4 is 10.2 Å². The lowest BCUT2D eigenvalue weighted by molar-refractivity contribution is 0.724. The lowest BCUT2D eigenvalue weighted by Crippen LogP contribution is -2.18. The molecule has 296 valence electrons. The third kappa shape index (κ3) is 11.0. The molecule has 5 aromatic rings. The van der Waals surface area contributed by atoms with Crippen LogP contribution in [0.4, 0.5) is 22.7 Å². The summed E-state index contributed by atoms with van der Waals surface area (Å²) >= 11 is 7.00. The number of para-hydroxylation sites is 2. The van der Waals surface area contributed by atoms with Crippen molar-refractivity contribution < 1.29 is 0 Å². The van der Waals surface area contributed by atoms with Crippen LogP contribution in [0.3, 0.4) is 0 Å². The highest BCUT2D eigenvalue weighted by molar-refractivity contribution is 7.90. The molecule has 1 aromatic heterocycles. The highest BCUT2D eigenvalue weighted by atomic mass is 32.1. The van der Waals surface area contributed by atoms with Crippen molar-refractivity contribution in [2.24, 2.45) is 0 Å². The number of anilines is 4. The van der Waals surface area contributed by atoms with Crippen molar-refractivity contribution in [3.05, 3.63) is 196 Å². The van der Waals surface area contributed by atoms with Gasteiger partial charge in [-0.2, -0.15) is 0 Å². The average Bonchev–Trinajstić information content (AvgIpc) is 3.56. The maximum absolute atomic E-state index is 5.11. The molecule has 0 radical (unpaired) electrons. The molecule has 4 heteroatoms. The Kier molecular flexibility index (Phi) is 16.1. The third-order valence-corrected chi connectivity index (χ3v) is 11.9. The van der Waals surface area contributed by atoms with Gasteiger partial charge in [-0.1, -0.05) is 135 Å². The highest BCUT2D eigenvalue weighted by Crippen LogP contribution is 2.47. The summed E-state index contributed by atoms with van der Waals surface area (Å²) in [4.78, 5) is 6.04. The molecule has 2 nitrogen and oxygen atoms in total. The SMILES string of the molecule is C/C=C\C(=C\CCCCC)CCCc1ccc(/C=C/C=C(\S)c2ccc3c(Nc4ccccc4)c4c(c(N(C(/C=C\C)=C/C)c5ccccc5)c3c2)CC=CC=C4)s1. The zero-order valence-electron chi connectivity index (χ0n) is 34.6. The van der Waals surface area contributed by atoms with Gasteiger partial charge >= 0.3 is 0 Å². The quantitative estimate of drug-likeness (QED) is 0.0397. The van der Waals surface area contributed by atoms with E-state index in [0.717, 1.165) is 63.3 Å². The summed E-state index contributed by atoms with van der Waals surface area (Å²) in [6.07, 6.45) is 38.0. The van der Waals surface area contributed by atoms with E-state index in [0.29, 0.717) is 0 Å². The van der Waals surface area contributed by atoms with E-state index in [1.54, 1.807) is 0 Å². The monoisotopic (exact) mass is 798 g/mol. The van der Waals surface area contributed by atoms with Gasteiger partial charge in [0.2, 0.25) is 0 Å². The molecule has 1 heterocycles. The number of benzene rings is 4. The number of aryl methyl sites for hydroxylation is 1. The maximum atomic E-state index is 5.11. The zero-order chi connectivity index (χ0) is 40.5. The first-order valence-electron chi connectivity index (χ1n) is 20.9. The fourth-order valence-electron chi connectivity index (χ4n) is 7.59. The number of nitrogens with one attached hydrogen (secondary N) is 1. The van der Waals surface area contributed by atoms with Gasteiger partial charge in [-0.25, -0.2) is 0 Å². The molecule has 0 saturated carbocycles. The standard InChI is InChI=1S/C54H58N2S2/c1-5-9-10-14-25-41(23-6-2)26-21-31-46-37-38-47(58-46)32-22-35-52(57)42-36-39-49-51(40-42)54(56(44(8-4)24-7-3)45-29-17-12-18-30-45)50-34-20-13-19-33-48(50)53(49)55-43-27-15-11-16-28-43/h6-8,11-13,15-20,22-25,27-30,32-33,35-40,55,57H,5,9-10,14,21,26,31,34H2,1-4H3/b23-6-,24-7-,32-22+,41-25-,44-8+,52-35-. The molecule has 0 spiro atoms. The summed E-state index contributed by atoms with van der Waals surface area (Å²) < 4.78 is 0. The van der Waals surface area contributed by atoms with Crippen LogP contribution in [0.25, 0.3) is 27.8 Å². The number of rotatable bonds is 18. The number of allylic oxidation sites excluding steroid dienone is 12. The smallest absolute Gasteiger partial charge is 0.0582 e. The number of hydrogen-bond acceptors (Lipinski definition) is 4. The second kappa shape index (κ2) is 22.0. The molecule has 1 aliphatic carbocycles. The van der Waals surface area contributed by atoms with E-state index in [2.05, 4.69) is 208 Å². The molecular formula is C54H58N2S2. The normalized spacial score (nSPS) is 13.6. The molecular weight excluding hydrogens is 741 g/mol. The van der Waals surface area contributed by atoms with Crippen LogP contribution >= 0.6 is 24.0 Å². The Morgan fingerprint density at radius 3 is 2.40 bits per heavy atom. The Morgan fingerprint density at radius 2 is 1.64 bits per heavy atom. The van der Waals surface area contributed by atoms with Gasteiger partial charge in [0, 0.05) is 48.1 Å². The van der Waals surface area contributed by atoms with Crippen LogP contribution in [-0.2, 0) is 12.8 Å². The Labute approximate surface area is 357 Å². The highest BCUT2D eigenvalue weighted by Gasteiger charge is 2.25. The molecule has 1 aliphatic rings. The zero-order valence-corrected chi connectivity index (χ0v) is 36.3. The second-order valence-electron chi connectivity index (χ2n) is 14.6. The van der Waals surface area contributed by atoms with E-state index >= 15 is 0 Å². The summed E-state index contributed by atoms with van der Waals surface area (Å²) in [7, 11) is 0. The van der Waals surface area contributed by atoms with Gasteiger partial charge < -0.3 is 10.2 Å². The first kappa shape index (κ1) is 42.3. The number of nitrogens with zero attached hydrogens (tertiary/aromatic N) is 1. The predicted molar refractivity (Wildman–Crippen MR) is 263 cm³/mol. The van der Waals surface area contributed by atoms with Crippen LogP contribution in [0.2, 0.25) is 0 Å². The third-order valence-electron chi connectivity index (χ3n) is 10.4. The van der Waals surface area contributed by atoms with Gasteiger partial charge in [-0.3, -0.25) is 0 Å². The lowest BCUT2D eigenvalue weighted by Gasteiger charge is -2.32. The van der Waals surface area contributed by atoms with E-state index in [9.17, 15) is 0 Å². The molecule has 0 unspecified atom stereocenters. The Balaban J connectivity index is 1.36. The van der Waals surface area contributed by atoms with Gasteiger partial charge in [-0.15, -0.1) is 24.0 Å². The topological polar surface area (TPSA) is 15.3 Å². The number of fused-ring (bicyclic) bond motifs is 2. The number of hydrogen-bond donors (Lipinski definition) is 2. The largest absolute Gasteiger partial charge is 0.355 e. The summed E-state index contributed by atoms with van der Waals surface area (Å²) in [5, 5.41) is 6.15. The van der Waals surface area contributed by atoms with Crippen molar-refractivity contribution in [1.29, 1.82) is 0 Å². The molecule has 0 saturated heterocycles. The van der Waals surface area contributed by atoms with Crippen molar-refractivity contribution in [3.63, 3.8) is 0 Å². The Bertz CT molecular complexity index is 2360. The second-order valence-corrected chi connectivity index (χ2v) is 16.3. The maximum Gasteiger partial charge on any atom is 0.0582 e. The van der Waals surface area contributed by atoms with Crippen LogP contribution in [0.15, 0.2) is 169 Å². The van der Waals surface area contributed by atoms with Gasteiger partial charge in [-0.05, 0) is 131 Å². The van der Waals surface area contributed by atoms with Crippen LogP contribution in [0.1, 0.15) is 92.7 Å². The fraction of sp³-hybridized carbons (Fsp3) is 0.222. The molecule has 58 heavy (non-hydrogen) atoms. The minimum absolute atomic E-state index is 0.791. The van der Waals surface area contributed by atoms with Crippen molar-refractivity contribution in [2.45, 2.75) is 79.1 Å². The molecule has 0 bridgehead atoms. The van der Waals surface area contributed by atoms with Crippen LogP contribution in [0.5, 0.6) is 0 Å². The fourth-order valence-corrected chi connectivity index (χ4v) is 8.78. The van der Waals surface area contributed by atoms with E-state index in [1.165, 1.54) is 64.2 Å². The van der Waals surface area contributed by atoms with Crippen molar-refractivity contribution in [3.8, 4) is 0 Å². The van der Waals surface area contributed by atoms with Crippen molar-refractivity contribution in [2.75, 3.05) is 10.2 Å². The number of thiophene rings is 1. The van der Waals surface area contributed by atoms with Crippen molar-refractivity contribution >= 4 is 74.5 Å². The van der Waals surface area contributed by atoms with Gasteiger partial charge in [0.05, 0.1) is 11.4 Å². The van der Waals surface area contributed by atoms with E-state index < -0.39 is 0 Å². The molecule has 0 atom stereocenters. The Hall–Kier alpha value is -5.29. The first-order valence-corrected chi connectivity index (χ1v) is 22.2. The molecule has 0 fully saturated rings. The van der Waals surface area contributed by atoms with Gasteiger partial charge in [0.25, 0.3) is 0 Å². The van der Waals surface area contributed by atoms with E-state index in [-0.39, 0.29) is 0 Å². The Morgan fingerprint density at radius 1 is 0.845 bits per heavy atom. The average molecular weight is 799 g/mol. The minimum atomic E-state index is 0.791. The van der Waals surface area contributed by atoms with E-state index in [1.807, 2.05) is 11.3 Å². The molecule has 0 aliphatic heterocycles. The summed E-state index contributed by atoms with van der Waals surface area (Å²) in [6, 6.07) is 32.5. The summed E-state index contributed by atoms with van der Waals surface area (Å²) in [5.41, 5.74) is 10.6. The lowest BCUT2D eigenvalue weighted by atomic mass is 9.91.